The number of pyridine rings is 1. The molecular weight excluding hydrogens is 313 g/mol. The lowest BCUT2D eigenvalue weighted by atomic mass is 10.1. The van der Waals surface area contributed by atoms with Crippen LogP contribution in [0.3, 0.4) is 0 Å². The van der Waals surface area contributed by atoms with E-state index >= 15 is 0 Å². The number of nitrogens with zero attached hydrogens (tertiary/aromatic N) is 1. The van der Waals surface area contributed by atoms with Crippen molar-refractivity contribution in [2.24, 2.45) is 0 Å². The van der Waals surface area contributed by atoms with Crippen molar-refractivity contribution in [3.8, 4) is 0 Å². The summed E-state index contributed by atoms with van der Waals surface area (Å²) in [6.45, 7) is 6.34. The Labute approximate surface area is 133 Å². The number of anilines is 2. The maximum atomic E-state index is 6.20. The number of hydrogen-bond acceptors (Lipinski definition) is 4. The fourth-order valence-corrected chi connectivity index (χ4v) is 3.64. The van der Waals surface area contributed by atoms with Gasteiger partial charge in [0.15, 0.2) is 0 Å². The van der Waals surface area contributed by atoms with E-state index in [4.69, 9.17) is 23.2 Å². The Bertz CT molecular complexity index is 625. The molecule has 2 heterocycles. The van der Waals surface area contributed by atoms with Crippen LogP contribution in [0, 0.1) is 13.8 Å². The predicted octanol–water partition coefficient (Wildman–Crippen LogP) is 5.28. The first-order valence-corrected chi connectivity index (χ1v) is 7.87. The summed E-state index contributed by atoms with van der Waals surface area (Å²) in [6, 6.07) is 4.03. The molecule has 0 bridgehead atoms. The van der Waals surface area contributed by atoms with Gasteiger partial charge >= 0.3 is 0 Å². The van der Waals surface area contributed by atoms with Crippen molar-refractivity contribution in [3.05, 3.63) is 37.5 Å². The van der Waals surface area contributed by atoms with Gasteiger partial charge in [-0.05, 0) is 38.5 Å². The van der Waals surface area contributed by atoms with Crippen LogP contribution in [0.5, 0.6) is 0 Å². The van der Waals surface area contributed by atoms with E-state index in [1.807, 2.05) is 0 Å². The van der Waals surface area contributed by atoms with Gasteiger partial charge in [0.25, 0.3) is 0 Å². The van der Waals surface area contributed by atoms with Gasteiger partial charge in [0.05, 0.1) is 16.1 Å². The number of nitrogens with one attached hydrogen (secondary N) is 2. The van der Waals surface area contributed by atoms with Gasteiger partial charge in [0, 0.05) is 16.8 Å². The molecule has 0 spiro atoms. The van der Waals surface area contributed by atoms with E-state index < -0.39 is 0 Å². The largest absolute Gasteiger partial charge is 0.372 e. The lowest BCUT2D eigenvalue weighted by Gasteiger charge is -2.17. The lowest BCUT2D eigenvalue weighted by molar-refractivity contribution is 0.872. The van der Waals surface area contributed by atoms with Crippen molar-refractivity contribution in [1.82, 2.24) is 4.98 Å². The minimum absolute atomic E-state index is 0.135. The zero-order chi connectivity index (χ0) is 14.9. The molecule has 0 aliphatic rings. The smallest absolute Gasteiger partial charge is 0.147 e. The van der Waals surface area contributed by atoms with Gasteiger partial charge in [-0.25, -0.2) is 4.98 Å². The molecule has 20 heavy (non-hydrogen) atoms. The Morgan fingerprint density at radius 1 is 1.15 bits per heavy atom. The molecule has 2 rings (SSSR count). The highest BCUT2D eigenvalue weighted by Crippen LogP contribution is 2.33. The summed E-state index contributed by atoms with van der Waals surface area (Å²) in [7, 11) is 1.78. The van der Waals surface area contributed by atoms with E-state index in [0.717, 1.165) is 0 Å². The van der Waals surface area contributed by atoms with E-state index in [9.17, 15) is 0 Å². The van der Waals surface area contributed by atoms with Crippen LogP contribution in [0.4, 0.5) is 11.6 Å². The molecular formula is C14H17Cl2N3S. The first-order chi connectivity index (χ1) is 9.42. The van der Waals surface area contributed by atoms with Crippen LogP contribution < -0.4 is 10.6 Å². The van der Waals surface area contributed by atoms with Gasteiger partial charge in [0.2, 0.25) is 0 Å². The average Bonchev–Trinajstić information content (AvgIpc) is 2.71. The summed E-state index contributed by atoms with van der Waals surface area (Å²) in [4.78, 5) is 7.02. The zero-order valence-electron chi connectivity index (χ0n) is 11.8. The number of rotatable bonds is 4. The Hall–Kier alpha value is -0.970. The van der Waals surface area contributed by atoms with Crippen LogP contribution in [-0.4, -0.2) is 12.0 Å². The van der Waals surface area contributed by atoms with Crippen molar-refractivity contribution in [2.45, 2.75) is 26.8 Å². The quantitative estimate of drug-likeness (QED) is 0.800. The maximum absolute atomic E-state index is 6.20. The molecule has 1 atom stereocenters. The normalized spacial score (nSPS) is 12.3. The topological polar surface area (TPSA) is 37.0 Å². The standard InChI is InChI=1S/C14H17Cl2N3S/c1-7-5-10(9(3)20-7)8(2)18-14-12(16)6-11(15)13(17-4)19-14/h5-6,8H,1-4H3,(H2,17,18,19). The number of halogens is 2. The van der Waals surface area contributed by atoms with Gasteiger partial charge in [-0.1, -0.05) is 23.2 Å². The van der Waals surface area contributed by atoms with Crippen molar-refractivity contribution in [3.63, 3.8) is 0 Å². The maximum Gasteiger partial charge on any atom is 0.147 e. The van der Waals surface area contributed by atoms with Crippen molar-refractivity contribution >= 4 is 46.2 Å². The number of aryl methyl sites for hydroxylation is 2. The summed E-state index contributed by atoms with van der Waals surface area (Å²) < 4.78 is 0. The molecule has 0 aromatic carbocycles. The van der Waals surface area contributed by atoms with Gasteiger partial charge in [-0.3, -0.25) is 0 Å². The summed E-state index contributed by atoms with van der Waals surface area (Å²) in [5.74, 6) is 1.25. The fraction of sp³-hybridized carbons (Fsp3) is 0.357. The van der Waals surface area contributed by atoms with Crippen LogP contribution in [0.1, 0.15) is 28.3 Å². The monoisotopic (exact) mass is 329 g/mol. The third-order valence-corrected chi connectivity index (χ3v) is 4.62. The Morgan fingerprint density at radius 3 is 2.35 bits per heavy atom. The molecule has 0 fully saturated rings. The summed E-state index contributed by atoms with van der Waals surface area (Å²) >= 11 is 14.0. The SMILES string of the molecule is CNc1nc(NC(C)c2cc(C)sc2C)c(Cl)cc1Cl. The van der Waals surface area contributed by atoms with E-state index in [1.54, 1.807) is 24.5 Å². The third kappa shape index (κ3) is 3.19. The molecule has 2 aromatic heterocycles. The summed E-state index contributed by atoms with van der Waals surface area (Å²) in [5.41, 5.74) is 1.27. The second-order valence-electron chi connectivity index (χ2n) is 4.63. The second-order valence-corrected chi connectivity index (χ2v) is 6.91. The minimum atomic E-state index is 0.135. The first kappa shape index (κ1) is 15.4. The highest BCUT2D eigenvalue weighted by atomic mass is 35.5. The van der Waals surface area contributed by atoms with E-state index in [2.05, 4.69) is 42.5 Å². The predicted molar refractivity (Wildman–Crippen MR) is 89.6 cm³/mol. The molecule has 3 nitrogen and oxygen atoms in total. The highest BCUT2D eigenvalue weighted by Gasteiger charge is 2.15. The molecule has 0 amide bonds. The van der Waals surface area contributed by atoms with Crippen LogP contribution in [0.2, 0.25) is 10.0 Å². The van der Waals surface area contributed by atoms with Gasteiger partial charge < -0.3 is 10.6 Å². The van der Waals surface area contributed by atoms with Gasteiger partial charge in [0.1, 0.15) is 11.6 Å². The average molecular weight is 330 g/mol. The molecule has 2 N–H and O–H groups in total. The van der Waals surface area contributed by atoms with Crippen LogP contribution in [0.25, 0.3) is 0 Å². The molecule has 108 valence electrons. The molecule has 0 saturated heterocycles. The van der Waals surface area contributed by atoms with Crippen LogP contribution in [-0.2, 0) is 0 Å². The summed E-state index contributed by atoms with van der Waals surface area (Å²) in [6.07, 6.45) is 0. The van der Waals surface area contributed by atoms with Crippen LogP contribution in [0.15, 0.2) is 12.1 Å². The third-order valence-electron chi connectivity index (χ3n) is 3.07. The molecule has 2 aromatic rings. The Balaban J connectivity index is 2.27. The van der Waals surface area contributed by atoms with E-state index in [-0.39, 0.29) is 6.04 Å². The molecule has 0 radical (unpaired) electrons. The van der Waals surface area contributed by atoms with E-state index in [1.165, 1.54) is 15.3 Å². The van der Waals surface area contributed by atoms with Gasteiger partial charge in [-0.15, -0.1) is 11.3 Å². The number of aromatic nitrogens is 1. The first-order valence-electron chi connectivity index (χ1n) is 6.29. The Kier molecular flexibility index (Phi) is 4.78. The second kappa shape index (κ2) is 6.20. The zero-order valence-corrected chi connectivity index (χ0v) is 14.2. The van der Waals surface area contributed by atoms with Crippen molar-refractivity contribution in [1.29, 1.82) is 0 Å². The lowest BCUT2D eigenvalue weighted by Crippen LogP contribution is -2.09. The number of thiophene rings is 1. The van der Waals surface area contributed by atoms with E-state index in [0.29, 0.717) is 21.7 Å². The highest BCUT2D eigenvalue weighted by molar-refractivity contribution is 7.12. The molecule has 0 aliphatic heterocycles. The Morgan fingerprint density at radius 2 is 1.80 bits per heavy atom. The van der Waals surface area contributed by atoms with Crippen molar-refractivity contribution < 1.29 is 0 Å². The molecule has 6 heteroatoms. The van der Waals surface area contributed by atoms with Gasteiger partial charge in [-0.2, -0.15) is 0 Å². The molecule has 0 aliphatic carbocycles. The van der Waals surface area contributed by atoms with Crippen LogP contribution >= 0.6 is 34.5 Å². The molecule has 1 unspecified atom stereocenters. The minimum Gasteiger partial charge on any atom is -0.372 e. The fourth-order valence-electron chi connectivity index (χ4n) is 2.11. The van der Waals surface area contributed by atoms with Crippen molar-refractivity contribution in [2.75, 3.05) is 17.7 Å². The number of hydrogen-bond donors (Lipinski definition) is 2. The summed E-state index contributed by atoms with van der Waals surface area (Å²) in [5, 5.41) is 7.33. The molecule has 0 saturated carbocycles.